The monoisotopic (exact) mass is 364 g/mol. The van der Waals surface area contributed by atoms with E-state index in [4.69, 9.17) is 9.47 Å². The molecule has 0 radical (unpaired) electrons. The molecule has 3 aromatic rings. The molecule has 138 valence electrons. The van der Waals surface area contributed by atoms with Crippen molar-refractivity contribution < 1.29 is 9.47 Å². The van der Waals surface area contributed by atoms with E-state index in [1.807, 2.05) is 47.4 Å². The van der Waals surface area contributed by atoms with Crippen LogP contribution >= 0.6 is 0 Å². The van der Waals surface area contributed by atoms with E-state index in [0.29, 0.717) is 43.3 Å². The number of hydrogen-bond donors (Lipinski definition) is 1. The highest BCUT2D eigenvalue weighted by molar-refractivity contribution is 5.88. The van der Waals surface area contributed by atoms with E-state index >= 15 is 0 Å². The summed E-state index contributed by atoms with van der Waals surface area (Å²) in [4.78, 5) is 26.5. The highest BCUT2D eigenvalue weighted by Gasteiger charge is 2.16. The number of nitrogens with one attached hydrogen (secondary N) is 1. The van der Waals surface area contributed by atoms with Crippen molar-refractivity contribution >= 4 is 29.1 Å². The van der Waals surface area contributed by atoms with Crippen LogP contribution in [-0.4, -0.2) is 48.4 Å². The van der Waals surface area contributed by atoms with E-state index in [-0.39, 0.29) is 5.56 Å². The molecule has 0 saturated carbocycles. The van der Waals surface area contributed by atoms with Gasteiger partial charge in [0.15, 0.2) is 5.65 Å². The number of nitrogens with zero attached hydrogens (tertiary/aromatic N) is 3. The minimum absolute atomic E-state index is 0.191. The summed E-state index contributed by atoms with van der Waals surface area (Å²) >= 11 is 0. The van der Waals surface area contributed by atoms with Gasteiger partial charge in [0.05, 0.1) is 25.7 Å². The van der Waals surface area contributed by atoms with Crippen molar-refractivity contribution in [2.75, 3.05) is 38.3 Å². The molecule has 0 atom stereocenters. The summed E-state index contributed by atoms with van der Waals surface area (Å²) in [5.74, 6) is 1.34. The maximum absolute atomic E-state index is 12.7. The number of hydrogen-bond acceptors (Lipinski definition) is 6. The Bertz CT molecular complexity index is 1020. The van der Waals surface area contributed by atoms with E-state index < -0.39 is 0 Å². The van der Waals surface area contributed by atoms with Gasteiger partial charge < -0.3 is 14.4 Å². The van der Waals surface area contributed by atoms with Crippen LogP contribution in [0, 0.1) is 0 Å². The number of aromatic nitrogens is 3. The van der Waals surface area contributed by atoms with Crippen molar-refractivity contribution in [3.63, 3.8) is 0 Å². The van der Waals surface area contributed by atoms with Gasteiger partial charge in [0, 0.05) is 19.3 Å². The molecular weight excluding hydrogens is 344 g/mol. The van der Waals surface area contributed by atoms with Gasteiger partial charge in [-0.1, -0.05) is 24.3 Å². The fourth-order valence-corrected chi connectivity index (χ4v) is 3.04. The Hall–Kier alpha value is -3.19. The summed E-state index contributed by atoms with van der Waals surface area (Å²) in [6.45, 7) is 2.65. The first kappa shape index (κ1) is 17.2. The zero-order valence-corrected chi connectivity index (χ0v) is 15.0. The van der Waals surface area contributed by atoms with E-state index in [2.05, 4.69) is 15.0 Å². The molecule has 0 aliphatic carbocycles. The average molecular weight is 364 g/mol. The molecule has 0 spiro atoms. The van der Waals surface area contributed by atoms with Gasteiger partial charge in [-0.05, 0) is 29.3 Å². The molecule has 7 nitrogen and oxygen atoms in total. The summed E-state index contributed by atoms with van der Waals surface area (Å²) < 4.78 is 10.5. The number of rotatable bonds is 4. The molecular formula is C20H20N4O3. The predicted octanol–water partition coefficient (Wildman–Crippen LogP) is 2.33. The molecule has 1 aliphatic heterocycles. The molecule has 1 aliphatic rings. The number of pyridine rings is 1. The largest absolute Gasteiger partial charge is 0.497 e. The molecule has 1 N–H and O–H groups in total. The van der Waals surface area contributed by atoms with Crippen LogP contribution in [0.15, 0.2) is 41.3 Å². The molecule has 1 fully saturated rings. The van der Waals surface area contributed by atoms with Crippen molar-refractivity contribution in [3.05, 3.63) is 58.0 Å². The van der Waals surface area contributed by atoms with Gasteiger partial charge in [-0.15, -0.1) is 0 Å². The average Bonchev–Trinajstić information content (AvgIpc) is 2.73. The zero-order valence-electron chi connectivity index (χ0n) is 15.0. The molecule has 0 amide bonds. The summed E-state index contributed by atoms with van der Waals surface area (Å²) in [6.07, 6.45) is 5.52. The first-order valence-corrected chi connectivity index (χ1v) is 8.78. The van der Waals surface area contributed by atoms with E-state index in [0.717, 1.165) is 16.9 Å². The minimum atomic E-state index is -0.191. The molecule has 27 heavy (non-hydrogen) atoms. The summed E-state index contributed by atoms with van der Waals surface area (Å²) in [5, 5.41) is 0.485. The lowest BCUT2D eigenvalue weighted by Crippen LogP contribution is -2.38. The van der Waals surface area contributed by atoms with E-state index in [1.165, 1.54) is 0 Å². The standard InChI is InChI=1S/C20H20N4O3/c1-26-16-6-3-14(4-7-16)2-5-15-8-9-21-18-17(15)19(25)23-20(22-18)24-10-12-27-13-11-24/h2-9H,10-13H2,1H3,(H,21,22,23,25). The van der Waals surface area contributed by atoms with Crippen molar-refractivity contribution in [3.8, 4) is 5.75 Å². The Kier molecular flexibility index (Phi) is 4.84. The molecule has 2 aromatic heterocycles. The van der Waals surface area contributed by atoms with Crippen LogP contribution in [0.2, 0.25) is 0 Å². The fraction of sp³-hybridized carbons (Fsp3) is 0.250. The SMILES string of the molecule is COc1ccc(C=Cc2ccnc3nc(N4CCOCC4)[nH]c(=O)c23)cc1. The van der Waals surface area contributed by atoms with Crippen molar-refractivity contribution in [1.29, 1.82) is 0 Å². The number of anilines is 1. The summed E-state index contributed by atoms with van der Waals surface area (Å²) in [5.41, 5.74) is 2.04. The Balaban J connectivity index is 1.68. The molecule has 7 heteroatoms. The Morgan fingerprint density at radius 1 is 1.15 bits per heavy atom. The molecule has 1 aromatic carbocycles. The normalized spacial score (nSPS) is 14.8. The molecule has 0 unspecified atom stereocenters. The first-order valence-electron chi connectivity index (χ1n) is 8.78. The Labute approximate surface area is 156 Å². The number of H-pyrrole nitrogens is 1. The van der Waals surface area contributed by atoms with Crippen LogP contribution in [0.5, 0.6) is 5.75 Å². The lowest BCUT2D eigenvalue weighted by molar-refractivity contribution is 0.122. The van der Waals surface area contributed by atoms with Crippen molar-refractivity contribution in [2.24, 2.45) is 0 Å². The third-order valence-electron chi connectivity index (χ3n) is 4.51. The van der Waals surface area contributed by atoms with Crippen LogP contribution in [0.4, 0.5) is 5.95 Å². The first-order chi connectivity index (χ1) is 13.2. The van der Waals surface area contributed by atoms with Crippen molar-refractivity contribution in [2.45, 2.75) is 0 Å². The van der Waals surface area contributed by atoms with E-state index in [9.17, 15) is 4.79 Å². The number of morpholine rings is 1. The molecule has 4 rings (SSSR count). The topological polar surface area (TPSA) is 80.3 Å². The van der Waals surface area contributed by atoms with Crippen LogP contribution in [0.3, 0.4) is 0 Å². The zero-order chi connectivity index (χ0) is 18.6. The fourth-order valence-electron chi connectivity index (χ4n) is 3.04. The number of ether oxygens (including phenoxy) is 2. The van der Waals surface area contributed by atoms with Gasteiger partial charge in [0.25, 0.3) is 5.56 Å². The Morgan fingerprint density at radius 3 is 2.67 bits per heavy atom. The third-order valence-corrected chi connectivity index (χ3v) is 4.51. The van der Waals surface area contributed by atoms with E-state index in [1.54, 1.807) is 13.3 Å². The second kappa shape index (κ2) is 7.59. The van der Waals surface area contributed by atoms with Gasteiger partial charge in [-0.3, -0.25) is 9.78 Å². The van der Waals surface area contributed by atoms with Gasteiger partial charge >= 0.3 is 0 Å². The minimum Gasteiger partial charge on any atom is -0.497 e. The van der Waals surface area contributed by atoms with Gasteiger partial charge in [0.1, 0.15) is 5.75 Å². The van der Waals surface area contributed by atoms with Gasteiger partial charge in [-0.25, -0.2) is 4.98 Å². The molecule has 3 heterocycles. The van der Waals surface area contributed by atoms with Crippen LogP contribution in [-0.2, 0) is 4.74 Å². The second-order valence-corrected chi connectivity index (χ2v) is 6.19. The number of aromatic amines is 1. The quantitative estimate of drug-likeness (QED) is 0.765. The third kappa shape index (κ3) is 3.68. The molecule has 0 bridgehead atoms. The highest BCUT2D eigenvalue weighted by atomic mass is 16.5. The van der Waals surface area contributed by atoms with Gasteiger partial charge in [-0.2, -0.15) is 4.98 Å². The maximum Gasteiger partial charge on any atom is 0.262 e. The van der Waals surface area contributed by atoms with Crippen LogP contribution in [0.25, 0.3) is 23.2 Å². The number of fused-ring (bicyclic) bond motifs is 1. The number of methoxy groups -OCH3 is 1. The maximum atomic E-state index is 12.7. The summed E-state index contributed by atoms with van der Waals surface area (Å²) in [7, 11) is 1.64. The number of benzene rings is 1. The smallest absolute Gasteiger partial charge is 0.262 e. The highest BCUT2D eigenvalue weighted by Crippen LogP contribution is 2.18. The summed E-state index contributed by atoms with van der Waals surface area (Å²) in [6, 6.07) is 9.52. The molecule has 1 saturated heterocycles. The van der Waals surface area contributed by atoms with Crippen LogP contribution in [0.1, 0.15) is 11.1 Å². The Morgan fingerprint density at radius 2 is 1.93 bits per heavy atom. The second-order valence-electron chi connectivity index (χ2n) is 6.19. The van der Waals surface area contributed by atoms with Gasteiger partial charge in [0.2, 0.25) is 5.95 Å². The predicted molar refractivity (Wildman–Crippen MR) is 105 cm³/mol. The lowest BCUT2D eigenvalue weighted by atomic mass is 10.1. The van der Waals surface area contributed by atoms with Crippen molar-refractivity contribution in [1.82, 2.24) is 15.0 Å². The lowest BCUT2D eigenvalue weighted by Gasteiger charge is -2.27. The van der Waals surface area contributed by atoms with Crippen LogP contribution < -0.4 is 15.2 Å².